The van der Waals surface area contributed by atoms with E-state index < -0.39 is 0 Å². The molecule has 0 saturated heterocycles. The molecule has 0 saturated carbocycles. The maximum absolute atomic E-state index is 5.97. The number of benzene rings is 1. The summed E-state index contributed by atoms with van der Waals surface area (Å²) in [5, 5.41) is 4.06. The van der Waals surface area contributed by atoms with E-state index in [4.69, 9.17) is 16.3 Å². The van der Waals surface area contributed by atoms with E-state index in [2.05, 4.69) is 16.4 Å². The molecule has 0 amide bonds. The first kappa shape index (κ1) is 13.8. The number of nitrogens with one attached hydrogen (secondary N) is 1. The smallest absolute Gasteiger partial charge is 0.137 e. The Kier molecular flexibility index (Phi) is 3.71. The van der Waals surface area contributed by atoms with Crippen molar-refractivity contribution < 1.29 is 4.74 Å². The van der Waals surface area contributed by atoms with Crippen LogP contribution < -0.4 is 10.1 Å². The molecule has 0 aliphatic heterocycles. The standard InChI is InChI=1S/C16H16ClN3O/c1-11-7-13(4-5-15(11)21-2)18-8-14-10-20-9-12(17)3-6-16(20)19-14/h3-7,9-10,18H,8H2,1-2H3. The van der Waals surface area contributed by atoms with Crippen LogP contribution in [0.5, 0.6) is 5.75 Å². The van der Waals surface area contributed by atoms with Gasteiger partial charge in [0.05, 0.1) is 24.4 Å². The van der Waals surface area contributed by atoms with Gasteiger partial charge in [-0.1, -0.05) is 11.6 Å². The number of fused-ring (bicyclic) bond motifs is 1. The first-order valence-electron chi connectivity index (χ1n) is 6.67. The quantitative estimate of drug-likeness (QED) is 0.794. The monoisotopic (exact) mass is 301 g/mol. The minimum absolute atomic E-state index is 0.658. The summed E-state index contributed by atoms with van der Waals surface area (Å²) in [6, 6.07) is 9.77. The Morgan fingerprint density at radius 2 is 2.10 bits per heavy atom. The highest BCUT2D eigenvalue weighted by Crippen LogP contribution is 2.21. The van der Waals surface area contributed by atoms with Crippen LogP contribution in [0.25, 0.3) is 5.65 Å². The van der Waals surface area contributed by atoms with Gasteiger partial charge < -0.3 is 14.5 Å². The first-order valence-corrected chi connectivity index (χ1v) is 7.05. The van der Waals surface area contributed by atoms with Crippen LogP contribution in [0.1, 0.15) is 11.3 Å². The number of anilines is 1. The van der Waals surface area contributed by atoms with Crippen molar-refractivity contribution in [2.24, 2.45) is 0 Å². The summed E-state index contributed by atoms with van der Waals surface area (Å²) >= 11 is 5.97. The average molecular weight is 302 g/mol. The zero-order valence-corrected chi connectivity index (χ0v) is 12.7. The molecule has 0 aliphatic rings. The van der Waals surface area contributed by atoms with E-state index in [1.165, 1.54) is 0 Å². The maximum Gasteiger partial charge on any atom is 0.137 e. The van der Waals surface area contributed by atoms with Gasteiger partial charge >= 0.3 is 0 Å². The zero-order valence-electron chi connectivity index (χ0n) is 11.9. The summed E-state index contributed by atoms with van der Waals surface area (Å²) < 4.78 is 7.19. The number of pyridine rings is 1. The lowest BCUT2D eigenvalue weighted by Crippen LogP contribution is -2.00. The number of nitrogens with zero attached hydrogens (tertiary/aromatic N) is 2. The number of hydrogen-bond acceptors (Lipinski definition) is 3. The summed E-state index contributed by atoms with van der Waals surface area (Å²) in [5.74, 6) is 0.892. The maximum atomic E-state index is 5.97. The summed E-state index contributed by atoms with van der Waals surface area (Å²) in [4.78, 5) is 4.54. The molecule has 0 fully saturated rings. The average Bonchev–Trinajstić information content (AvgIpc) is 2.87. The van der Waals surface area contributed by atoms with Gasteiger partial charge in [0.2, 0.25) is 0 Å². The third-order valence-corrected chi connectivity index (χ3v) is 3.56. The predicted octanol–water partition coefficient (Wildman–Crippen LogP) is 3.92. The summed E-state index contributed by atoms with van der Waals surface area (Å²) in [6.45, 7) is 2.68. The molecule has 2 aromatic heterocycles. The Labute approximate surface area is 128 Å². The molecular formula is C16H16ClN3O. The highest BCUT2D eigenvalue weighted by molar-refractivity contribution is 6.30. The number of rotatable bonds is 4. The second-order valence-corrected chi connectivity index (χ2v) is 5.32. The molecule has 3 rings (SSSR count). The highest BCUT2D eigenvalue weighted by atomic mass is 35.5. The molecule has 3 aromatic rings. The molecule has 5 heteroatoms. The number of aryl methyl sites for hydroxylation is 1. The normalized spacial score (nSPS) is 10.8. The van der Waals surface area contributed by atoms with Crippen LogP contribution in [0.4, 0.5) is 5.69 Å². The van der Waals surface area contributed by atoms with Crippen LogP contribution >= 0.6 is 11.6 Å². The van der Waals surface area contributed by atoms with Gasteiger partial charge in [0.25, 0.3) is 0 Å². The van der Waals surface area contributed by atoms with Crippen molar-refractivity contribution in [3.05, 3.63) is 59.0 Å². The second-order valence-electron chi connectivity index (χ2n) is 4.88. The Bertz CT molecular complexity index is 782. The minimum Gasteiger partial charge on any atom is -0.496 e. The number of halogens is 1. The zero-order chi connectivity index (χ0) is 14.8. The Balaban J connectivity index is 1.75. The molecule has 0 spiro atoms. The molecule has 0 unspecified atom stereocenters. The lowest BCUT2D eigenvalue weighted by molar-refractivity contribution is 0.412. The van der Waals surface area contributed by atoms with Crippen molar-refractivity contribution >= 4 is 22.9 Å². The summed E-state index contributed by atoms with van der Waals surface area (Å²) in [5.41, 5.74) is 4.00. The summed E-state index contributed by atoms with van der Waals surface area (Å²) in [7, 11) is 1.68. The molecule has 0 radical (unpaired) electrons. The molecule has 2 heterocycles. The second kappa shape index (κ2) is 5.66. The van der Waals surface area contributed by atoms with Crippen LogP contribution in [0.3, 0.4) is 0 Å². The number of hydrogen-bond donors (Lipinski definition) is 1. The molecule has 108 valence electrons. The van der Waals surface area contributed by atoms with Gasteiger partial charge in [-0.3, -0.25) is 0 Å². The molecule has 0 bridgehead atoms. The van der Waals surface area contributed by atoms with Crippen LogP contribution in [0.15, 0.2) is 42.7 Å². The number of methoxy groups -OCH3 is 1. The predicted molar refractivity (Wildman–Crippen MR) is 85.3 cm³/mol. The molecule has 0 atom stereocenters. The highest BCUT2D eigenvalue weighted by Gasteiger charge is 2.03. The Hall–Kier alpha value is -2.20. The number of ether oxygens (including phenoxy) is 1. The van der Waals surface area contributed by atoms with Gasteiger partial charge in [0.15, 0.2) is 0 Å². The third-order valence-electron chi connectivity index (χ3n) is 3.33. The van der Waals surface area contributed by atoms with E-state index in [9.17, 15) is 0 Å². The lowest BCUT2D eigenvalue weighted by Gasteiger charge is -2.08. The molecule has 1 N–H and O–H groups in total. The topological polar surface area (TPSA) is 38.6 Å². The molecule has 1 aromatic carbocycles. The van der Waals surface area contributed by atoms with Crippen molar-refractivity contribution in [3.8, 4) is 5.75 Å². The third kappa shape index (κ3) is 2.95. The van der Waals surface area contributed by atoms with Crippen LogP contribution in [0, 0.1) is 6.92 Å². The SMILES string of the molecule is COc1ccc(NCc2cn3cc(Cl)ccc3n2)cc1C. The Morgan fingerprint density at radius 1 is 1.24 bits per heavy atom. The van der Waals surface area contributed by atoms with Crippen molar-refractivity contribution in [1.29, 1.82) is 0 Å². The van der Waals surface area contributed by atoms with Crippen molar-refractivity contribution in [2.75, 3.05) is 12.4 Å². The van der Waals surface area contributed by atoms with Crippen LogP contribution in [-0.2, 0) is 6.54 Å². The van der Waals surface area contributed by atoms with Gasteiger partial charge in [-0.2, -0.15) is 0 Å². The van der Waals surface area contributed by atoms with E-state index in [1.807, 2.05) is 48.0 Å². The molecule has 4 nitrogen and oxygen atoms in total. The van der Waals surface area contributed by atoms with Crippen molar-refractivity contribution in [3.63, 3.8) is 0 Å². The van der Waals surface area contributed by atoms with E-state index in [-0.39, 0.29) is 0 Å². The van der Waals surface area contributed by atoms with Gasteiger partial charge in [-0.25, -0.2) is 4.98 Å². The summed E-state index contributed by atoms with van der Waals surface area (Å²) in [6.07, 6.45) is 3.83. The fourth-order valence-corrected chi connectivity index (χ4v) is 2.45. The number of aromatic nitrogens is 2. The minimum atomic E-state index is 0.658. The van der Waals surface area contributed by atoms with Gasteiger partial charge in [0, 0.05) is 18.1 Å². The molecule has 0 aliphatic carbocycles. The van der Waals surface area contributed by atoms with Gasteiger partial charge in [-0.05, 0) is 42.8 Å². The van der Waals surface area contributed by atoms with E-state index >= 15 is 0 Å². The van der Waals surface area contributed by atoms with Crippen LogP contribution in [0.2, 0.25) is 5.02 Å². The van der Waals surface area contributed by atoms with E-state index in [0.717, 1.165) is 28.3 Å². The molecular weight excluding hydrogens is 286 g/mol. The van der Waals surface area contributed by atoms with Gasteiger partial charge in [0.1, 0.15) is 11.4 Å². The van der Waals surface area contributed by atoms with Crippen LogP contribution in [-0.4, -0.2) is 16.5 Å². The fraction of sp³-hybridized carbons (Fsp3) is 0.188. The largest absolute Gasteiger partial charge is 0.496 e. The number of imidazole rings is 1. The van der Waals surface area contributed by atoms with Crippen molar-refractivity contribution in [2.45, 2.75) is 13.5 Å². The van der Waals surface area contributed by atoms with Crippen molar-refractivity contribution in [1.82, 2.24) is 9.38 Å². The fourth-order valence-electron chi connectivity index (χ4n) is 2.28. The van der Waals surface area contributed by atoms with Gasteiger partial charge in [-0.15, -0.1) is 0 Å². The first-order chi connectivity index (χ1) is 10.2. The Morgan fingerprint density at radius 3 is 2.86 bits per heavy atom. The van der Waals surface area contributed by atoms with E-state index in [1.54, 1.807) is 7.11 Å². The lowest BCUT2D eigenvalue weighted by atomic mass is 10.2. The molecule has 21 heavy (non-hydrogen) atoms. The van der Waals surface area contributed by atoms with E-state index in [0.29, 0.717) is 11.6 Å².